The van der Waals surface area contributed by atoms with Crippen LogP contribution in [0.4, 0.5) is 0 Å². The molecular weight excluding hydrogens is 375 g/mol. The van der Waals surface area contributed by atoms with E-state index >= 15 is 0 Å². The molecule has 1 radical (unpaired) electrons. The summed E-state index contributed by atoms with van der Waals surface area (Å²) in [5.74, 6) is 0. The SMILES string of the molecule is Clc1ccc(Cl)c(-c2cc(Br)[c]cc2Br)c1. The molecule has 2 rings (SSSR count). The Morgan fingerprint density at radius 3 is 2.50 bits per heavy atom. The summed E-state index contributed by atoms with van der Waals surface area (Å²) in [5, 5.41) is 1.33. The Morgan fingerprint density at radius 2 is 1.75 bits per heavy atom. The fraction of sp³-hybridized carbons (Fsp3) is 0. The molecule has 4 heteroatoms. The Morgan fingerprint density at radius 1 is 1.00 bits per heavy atom. The lowest BCUT2D eigenvalue weighted by Gasteiger charge is -2.08. The average molecular weight is 380 g/mol. The van der Waals surface area contributed by atoms with Crippen molar-refractivity contribution >= 4 is 55.1 Å². The monoisotopic (exact) mass is 377 g/mol. The van der Waals surface area contributed by atoms with Gasteiger partial charge in [-0.05, 0) is 42.0 Å². The number of hydrogen-bond acceptors (Lipinski definition) is 0. The highest BCUT2D eigenvalue weighted by Gasteiger charge is 2.08. The minimum absolute atomic E-state index is 0.662. The zero-order chi connectivity index (χ0) is 11.7. The molecule has 2 aromatic rings. The molecule has 81 valence electrons. The van der Waals surface area contributed by atoms with Crippen molar-refractivity contribution in [2.24, 2.45) is 0 Å². The van der Waals surface area contributed by atoms with Crippen LogP contribution in [-0.4, -0.2) is 0 Å². The van der Waals surface area contributed by atoms with Crippen molar-refractivity contribution in [1.29, 1.82) is 0 Å². The summed E-state index contributed by atoms with van der Waals surface area (Å²) in [6, 6.07) is 12.2. The van der Waals surface area contributed by atoms with Crippen molar-refractivity contribution in [2.45, 2.75) is 0 Å². The van der Waals surface area contributed by atoms with Crippen LogP contribution in [0, 0.1) is 6.07 Å². The maximum atomic E-state index is 6.15. The van der Waals surface area contributed by atoms with E-state index in [4.69, 9.17) is 23.2 Å². The highest BCUT2D eigenvalue weighted by molar-refractivity contribution is 9.11. The van der Waals surface area contributed by atoms with E-state index in [1.807, 2.05) is 18.2 Å². The minimum atomic E-state index is 0.662. The molecule has 0 spiro atoms. The first-order valence-electron chi connectivity index (χ1n) is 4.40. The third-order valence-corrected chi connectivity index (χ3v) is 3.76. The maximum Gasteiger partial charge on any atom is 0.0485 e. The standard InChI is InChI=1S/C12H5Br2Cl2/c13-7-1-3-11(14)9(5-7)10-6-8(15)2-4-12(10)16/h2-6H. The molecule has 0 heterocycles. The first-order chi connectivity index (χ1) is 7.58. The molecule has 0 amide bonds. The van der Waals surface area contributed by atoms with Gasteiger partial charge in [-0.2, -0.15) is 0 Å². The van der Waals surface area contributed by atoms with E-state index < -0.39 is 0 Å². The zero-order valence-electron chi connectivity index (χ0n) is 7.90. The topological polar surface area (TPSA) is 0 Å². The summed E-state index contributed by atoms with van der Waals surface area (Å²) < 4.78 is 1.81. The van der Waals surface area contributed by atoms with Gasteiger partial charge in [0.15, 0.2) is 0 Å². The third kappa shape index (κ3) is 2.62. The van der Waals surface area contributed by atoms with Crippen LogP contribution in [0.3, 0.4) is 0 Å². The highest BCUT2D eigenvalue weighted by Crippen LogP contribution is 2.36. The Balaban J connectivity index is 2.66. The van der Waals surface area contributed by atoms with Gasteiger partial charge in [0, 0.05) is 24.6 Å². The first kappa shape index (κ1) is 12.4. The Labute approximate surface area is 121 Å². The molecule has 2 aromatic carbocycles. The molecule has 0 N–H and O–H groups in total. The van der Waals surface area contributed by atoms with Crippen molar-refractivity contribution in [3.63, 3.8) is 0 Å². The van der Waals surface area contributed by atoms with Gasteiger partial charge >= 0.3 is 0 Å². The second-order valence-corrected chi connectivity index (χ2v) is 5.72. The van der Waals surface area contributed by atoms with Crippen LogP contribution in [0.15, 0.2) is 39.3 Å². The normalized spacial score (nSPS) is 10.5. The van der Waals surface area contributed by atoms with E-state index in [0.29, 0.717) is 10.0 Å². The first-order valence-corrected chi connectivity index (χ1v) is 6.74. The van der Waals surface area contributed by atoms with Crippen molar-refractivity contribution in [1.82, 2.24) is 0 Å². The van der Waals surface area contributed by atoms with Crippen molar-refractivity contribution in [3.05, 3.63) is 55.4 Å². The fourth-order valence-electron chi connectivity index (χ4n) is 1.36. The molecule has 0 fully saturated rings. The quantitative estimate of drug-likeness (QED) is 0.571. The Bertz CT molecular complexity index is 489. The second-order valence-electron chi connectivity index (χ2n) is 3.17. The predicted octanol–water partition coefficient (Wildman–Crippen LogP) is 5.99. The molecule has 0 aliphatic rings. The number of hydrogen-bond donors (Lipinski definition) is 0. The van der Waals surface area contributed by atoms with Gasteiger partial charge in [-0.25, -0.2) is 0 Å². The van der Waals surface area contributed by atoms with Gasteiger partial charge in [0.1, 0.15) is 0 Å². The summed E-state index contributed by atoms with van der Waals surface area (Å²) in [4.78, 5) is 0. The van der Waals surface area contributed by atoms with Crippen LogP contribution >= 0.6 is 55.1 Å². The Hall–Kier alpha value is -0.0200. The summed E-state index contributed by atoms with van der Waals surface area (Å²) in [5.41, 5.74) is 1.88. The zero-order valence-corrected chi connectivity index (χ0v) is 12.6. The molecule has 0 bridgehead atoms. The lowest BCUT2D eigenvalue weighted by Crippen LogP contribution is -1.82. The summed E-state index contributed by atoms with van der Waals surface area (Å²) in [7, 11) is 0. The van der Waals surface area contributed by atoms with E-state index in [2.05, 4.69) is 37.9 Å². The molecule has 0 saturated carbocycles. The molecule has 0 aliphatic carbocycles. The van der Waals surface area contributed by atoms with E-state index in [1.54, 1.807) is 12.1 Å². The third-order valence-electron chi connectivity index (χ3n) is 2.08. The van der Waals surface area contributed by atoms with Gasteiger partial charge < -0.3 is 0 Å². The molecule has 0 aliphatic heterocycles. The van der Waals surface area contributed by atoms with Crippen LogP contribution in [0.2, 0.25) is 10.0 Å². The molecule has 0 saturated heterocycles. The summed E-state index contributed by atoms with van der Waals surface area (Å²) in [6.07, 6.45) is 0. The lowest BCUT2D eigenvalue weighted by atomic mass is 10.1. The maximum absolute atomic E-state index is 6.15. The van der Waals surface area contributed by atoms with Gasteiger partial charge in [0.05, 0.1) is 0 Å². The van der Waals surface area contributed by atoms with E-state index in [0.717, 1.165) is 20.1 Å². The van der Waals surface area contributed by atoms with Crippen molar-refractivity contribution < 1.29 is 0 Å². The van der Waals surface area contributed by atoms with E-state index in [1.165, 1.54) is 0 Å². The summed E-state index contributed by atoms with van der Waals surface area (Å²) in [6.45, 7) is 0. The fourth-order valence-corrected chi connectivity index (χ4v) is 2.54. The lowest BCUT2D eigenvalue weighted by molar-refractivity contribution is 1.55. The van der Waals surface area contributed by atoms with Crippen LogP contribution in [0.1, 0.15) is 0 Å². The number of rotatable bonds is 1. The van der Waals surface area contributed by atoms with E-state index in [-0.39, 0.29) is 0 Å². The number of benzene rings is 2. The van der Waals surface area contributed by atoms with Crippen molar-refractivity contribution in [2.75, 3.05) is 0 Å². The van der Waals surface area contributed by atoms with Gasteiger partial charge in [-0.3, -0.25) is 0 Å². The highest BCUT2D eigenvalue weighted by atomic mass is 79.9. The second kappa shape index (κ2) is 5.09. The van der Waals surface area contributed by atoms with Crippen LogP contribution < -0.4 is 0 Å². The van der Waals surface area contributed by atoms with Gasteiger partial charge in [0.2, 0.25) is 0 Å². The number of halogens is 4. The molecule has 16 heavy (non-hydrogen) atoms. The predicted molar refractivity (Wildman–Crippen MR) is 76.1 cm³/mol. The molecule has 0 aromatic heterocycles. The average Bonchev–Trinajstić information content (AvgIpc) is 2.25. The molecule has 0 unspecified atom stereocenters. The van der Waals surface area contributed by atoms with Crippen LogP contribution in [0.25, 0.3) is 11.1 Å². The van der Waals surface area contributed by atoms with Gasteiger partial charge in [0.25, 0.3) is 0 Å². The minimum Gasteiger partial charge on any atom is -0.0843 e. The largest absolute Gasteiger partial charge is 0.0843 e. The Kier molecular flexibility index (Phi) is 3.96. The van der Waals surface area contributed by atoms with Crippen LogP contribution in [-0.2, 0) is 0 Å². The van der Waals surface area contributed by atoms with Crippen molar-refractivity contribution in [3.8, 4) is 11.1 Å². The smallest absolute Gasteiger partial charge is 0.0485 e. The van der Waals surface area contributed by atoms with Crippen LogP contribution in [0.5, 0.6) is 0 Å². The molecular formula is C12H5Br2Cl2. The van der Waals surface area contributed by atoms with E-state index in [9.17, 15) is 0 Å². The summed E-state index contributed by atoms with van der Waals surface area (Å²) >= 11 is 19.0. The van der Waals surface area contributed by atoms with Gasteiger partial charge in [-0.15, -0.1) is 0 Å². The molecule has 0 nitrogen and oxygen atoms in total. The van der Waals surface area contributed by atoms with Gasteiger partial charge in [-0.1, -0.05) is 55.1 Å². The molecule has 0 atom stereocenters.